The van der Waals surface area contributed by atoms with E-state index in [0.29, 0.717) is 41.1 Å². The first-order chi connectivity index (χ1) is 16.2. The molecule has 2 aromatic carbocycles. The van der Waals surface area contributed by atoms with Crippen molar-refractivity contribution in [2.24, 2.45) is 0 Å². The molecule has 0 saturated carbocycles. The lowest BCUT2D eigenvalue weighted by Gasteiger charge is -2.24. The second-order valence-electron chi connectivity index (χ2n) is 8.63. The number of aromatic nitrogens is 2. The minimum absolute atomic E-state index is 0.258. The molecule has 0 fully saturated rings. The Balaban J connectivity index is 2.10. The molecule has 0 saturated heterocycles. The number of rotatable bonds is 12. The van der Waals surface area contributed by atoms with Crippen molar-refractivity contribution in [2.45, 2.75) is 64.9 Å². The molecule has 2 atom stereocenters. The first-order valence-electron chi connectivity index (χ1n) is 11.9. The van der Waals surface area contributed by atoms with Gasteiger partial charge in [0.25, 0.3) is 15.7 Å². The monoisotopic (exact) mass is 486 g/mol. The van der Waals surface area contributed by atoms with Crippen molar-refractivity contribution < 1.29 is 17.3 Å². The average molecular weight is 487 g/mol. The van der Waals surface area contributed by atoms with Crippen LogP contribution >= 0.6 is 0 Å². The largest absolute Gasteiger partial charge is 0.493 e. The Labute approximate surface area is 201 Å². The molecule has 1 aromatic heterocycles. The van der Waals surface area contributed by atoms with Crippen LogP contribution in [0.2, 0.25) is 0 Å². The van der Waals surface area contributed by atoms with Gasteiger partial charge in [-0.1, -0.05) is 64.3 Å². The molecule has 184 valence electrons. The quantitative estimate of drug-likeness (QED) is 0.272. The third-order valence-electron chi connectivity index (χ3n) is 5.81. The van der Waals surface area contributed by atoms with E-state index in [1.54, 1.807) is 12.1 Å². The van der Waals surface area contributed by atoms with Crippen molar-refractivity contribution in [3.05, 3.63) is 58.4 Å². The van der Waals surface area contributed by atoms with Gasteiger partial charge in [-0.05, 0) is 36.6 Å². The first kappa shape index (κ1) is 25.9. The summed E-state index contributed by atoms with van der Waals surface area (Å²) in [5.74, 6) is 0.773. The van der Waals surface area contributed by atoms with E-state index >= 15 is 0 Å². The number of hydrogen-bond acceptors (Lipinski definition) is 6. The molecule has 0 amide bonds. The van der Waals surface area contributed by atoms with Crippen LogP contribution in [-0.4, -0.2) is 37.4 Å². The van der Waals surface area contributed by atoms with Crippen LogP contribution in [0.15, 0.2) is 47.3 Å². The minimum atomic E-state index is -3.65. The van der Waals surface area contributed by atoms with Crippen molar-refractivity contribution in [1.82, 2.24) is 9.97 Å². The molecule has 8 heteroatoms. The number of unbranched alkanes of at least 4 members (excludes halogenated alkanes) is 2. The Morgan fingerprint density at radius 3 is 2.50 bits per heavy atom. The Bertz CT molecular complexity index is 1270. The van der Waals surface area contributed by atoms with Crippen LogP contribution in [0.4, 0.5) is 0 Å². The normalized spacial score (nSPS) is 13.6. The maximum absolute atomic E-state index is 13.0. The van der Waals surface area contributed by atoms with E-state index in [0.717, 1.165) is 37.5 Å². The van der Waals surface area contributed by atoms with Gasteiger partial charge >= 0.3 is 0 Å². The standard InChI is InChI=1S/C26H34N2O5S/c1-5-7-8-15-22(33-34(4,30)31)18(3)19-13-11-14-21-24(19)27-25(28-26(21)29)20-12-9-10-16-23(20)32-17-6-2/h9-14,16,18,22H,5-8,15,17H2,1-4H3,(H,27,28,29). The summed E-state index contributed by atoms with van der Waals surface area (Å²) in [6, 6.07) is 12.9. The highest BCUT2D eigenvalue weighted by molar-refractivity contribution is 7.86. The third kappa shape index (κ3) is 6.45. The van der Waals surface area contributed by atoms with Crippen molar-refractivity contribution >= 4 is 21.0 Å². The summed E-state index contributed by atoms with van der Waals surface area (Å²) < 4.78 is 35.3. The highest BCUT2D eigenvalue weighted by Crippen LogP contribution is 2.32. The smallest absolute Gasteiger partial charge is 0.264 e. The molecule has 3 rings (SSSR count). The molecule has 1 N–H and O–H groups in total. The topological polar surface area (TPSA) is 98.4 Å². The predicted octanol–water partition coefficient (Wildman–Crippen LogP) is 5.41. The molecular weight excluding hydrogens is 452 g/mol. The molecule has 7 nitrogen and oxygen atoms in total. The van der Waals surface area contributed by atoms with Crippen LogP contribution in [0.25, 0.3) is 22.3 Å². The summed E-state index contributed by atoms with van der Waals surface area (Å²) in [7, 11) is -3.65. The highest BCUT2D eigenvalue weighted by atomic mass is 32.2. The van der Waals surface area contributed by atoms with Gasteiger partial charge in [-0.15, -0.1) is 0 Å². The Kier molecular flexibility index (Phi) is 8.85. The average Bonchev–Trinajstić information content (AvgIpc) is 2.81. The van der Waals surface area contributed by atoms with Gasteiger partial charge in [0.15, 0.2) is 0 Å². The molecule has 2 unspecified atom stereocenters. The lowest BCUT2D eigenvalue weighted by molar-refractivity contribution is 0.171. The maximum atomic E-state index is 13.0. The number of benzene rings is 2. The zero-order chi connectivity index (χ0) is 24.7. The van der Waals surface area contributed by atoms with E-state index in [1.807, 2.05) is 44.2 Å². The summed E-state index contributed by atoms with van der Waals surface area (Å²) in [4.78, 5) is 20.7. The molecule has 0 aliphatic carbocycles. The van der Waals surface area contributed by atoms with Gasteiger partial charge < -0.3 is 9.72 Å². The van der Waals surface area contributed by atoms with Gasteiger partial charge in [-0.3, -0.25) is 8.98 Å². The molecule has 0 spiro atoms. The number of fused-ring (bicyclic) bond motifs is 1. The molecule has 0 aliphatic rings. The zero-order valence-electron chi connectivity index (χ0n) is 20.3. The van der Waals surface area contributed by atoms with Gasteiger partial charge in [-0.25, -0.2) is 4.98 Å². The number of H-pyrrole nitrogens is 1. The molecule has 3 aromatic rings. The van der Waals surface area contributed by atoms with Crippen LogP contribution in [0.5, 0.6) is 5.75 Å². The van der Waals surface area contributed by atoms with Crippen molar-refractivity contribution in [1.29, 1.82) is 0 Å². The molecule has 0 bridgehead atoms. The van der Waals surface area contributed by atoms with E-state index < -0.39 is 16.2 Å². The second kappa shape index (κ2) is 11.6. The molecular formula is C26H34N2O5S. The number of nitrogens with zero attached hydrogens (tertiary/aromatic N) is 1. The Morgan fingerprint density at radius 2 is 1.79 bits per heavy atom. The number of nitrogens with one attached hydrogen (secondary N) is 1. The molecule has 1 heterocycles. The number of ether oxygens (including phenoxy) is 1. The van der Waals surface area contributed by atoms with Crippen LogP contribution in [0.3, 0.4) is 0 Å². The second-order valence-corrected chi connectivity index (χ2v) is 10.2. The first-order valence-corrected chi connectivity index (χ1v) is 13.7. The maximum Gasteiger partial charge on any atom is 0.264 e. The fourth-order valence-electron chi connectivity index (χ4n) is 4.08. The van der Waals surface area contributed by atoms with Crippen LogP contribution in [0, 0.1) is 0 Å². The van der Waals surface area contributed by atoms with Crippen molar-refractivity contribution in [2.75, 3.05) is 12.9 Å². The summed E-state index contributed by atoms with van der Waals surface area (Å²) in [6.07, 6.45) is 4.85. The summed E-state index contributed by atoms with van der Waals surface area (Å²) >= 11 is 0. The highest BCUT2D eigenvalue weighted by Gasteiger charge is 2.26. The summed E-state index contributed by atoms with van der Waals surface area (Å²) in [6.45, 7) is 6.61. The number of hydrogen-bond donors (Lipinski definition) is 1. The number of aromatic amines is 1. The zero-order valence-corrected chi connectivity index (χ0v) is 21.2. The van der Waals surface area contributed by atoms with Crippen LogP contribution in [0.1, 0.15) is 64.4 Å². The van der Waals surface area contributed by atoms with Gasteiger partial charge in [0, 0.05) is 5.92 Å². The Hall–Kier alpha value is -2.71. The molecule has 0 aliphatic heterocycles. The van der Waals surface area contributed by atoms with E-state index in [-0.39, 0.29) is 11.5 Å². The predicted molar refractivity (Wildman–Crippen MR) is 136 cm³/mol. The fraction of sp³-hybridized carbons (Fsp3) is 0.462. The van der Waals surface area contributed by atoms with E-state index in [1.165, 1.54) is 0 Å². The van der Waals surface area contributed by atoms with Crippen molar-refractivity contribution in [3.63, 3.8) is 0 Å². The van der Waals surface area contributed by atoms with Gasteiger partial charge in [-0.2, -0.15) is 8.42 Å². The van der Waals surface area contributed by atoms with E-state index in [9.17, 15) is 13.2 Å². The van der Waals surface area contributed by atoms with Gasteiger partial charge in [0.1, 0.15) is 11.6 Å². The molecule has 0 radical (unpaired) electrons. The van der Waals surface area contributed by atoms with Gasteiger partial charge in [0.2, 0.25) is 0 Å². The lowest BCUT2D eigenvalue weighted by Crippen LogP contribution is -2.24. The summed E-state index contributed by atoms with van der Waals surface area (Å²) in [5.41, 5.74) is 1.76. The summed E-state index contributed by atoms with van der Waals surface area (Å²) in [5, 5.41) is 0.451. The van der Waals surface area contributed by atoms with Crippen LogP contribution in [-0.2, 0) is 14.3 Å². The third-order valence-corrected chi connectivity index (χ3v) is 6.41. The van der Waals surface area contributed by atoms with Crippen LogP contribution < -0.4 is 10.3 Å². The SMILES string of the molecule is CCCCCC(OS(C)(=O)=O)C(C)c1cccc2c(=O)[nH]c(-c3ccccc3OCCC)nc12. The van der Waals surface area contributed by atoms with Gasteiger partial charge in [0.05, 0.1) is 35.4 Å². The van der Waals surface area contributed by atoms with Crippen molar-refractivity contribution in [3.8, 4) is 17.1 Å². The fourth-order valence-corrected chi connectivity index (χ4v) is 4.79. The van der Waals surface area contributed by atoms with E-state index in [2.05, 4.69) is 11.9 Å². The number of para-hydroxylation sites is 2. The molecule has 34 heavy (non-hydrogen) atoms. The lowest BCUT2D eigenvalue weighted by atomic mass is 9.90. The Morgan fingerprint density at radius 1 is 1.03 bits per heavy atom. The minimum Gasteiger partial charge on any atom is -0.493 e. The van der Waals surface area contributed by atoms with E-state index in [4.69, 9.17) is 13.9 Å².